The third kappa shape index (κ3) is 12.8. The SMILES string of the molecule is C[C@@H]1CCN(C(=O)OC(C)(C)C)[C@@H](C(=O)OCc2ccccc2)C1.C[C@H]1CCN(C(=O)OC(C)(C)C)[C@H](C(=O)OCc2ccccc2)C1. The molecular formula is C38H54N2O8. The Morgan fingerprint density at radius 2 is 0.938 bits per heavy atom. The maximum atomic E-state index is 12.5. The number of ether oxygens (including phenoxy) is 4. The number of carbonyl (C=O) groups excluding carboxylic acids is 4. The summed E-state index contributed by atoms with van der Waals surface area (Å²) in [7, 11) is 0. The first-order valence-corrected chi connectivity index (χ1v) is 16.9. The molecule has 0 spiro atoms. The molecule has 264 valence electrons. The van der Waals surface area contributed by atoms with E-state index < -0.39 is 35.5 Å². The third-order valence-electron chi connectivity index (χ3n) is 7.98. The van der Waals surface area contributed by atoms with Gasteiger partial charge in [0.25, 0.3) is 0 Å². The molecule has 0 aliphatic carbocycles. The van der Waals surface area contributed by atoms with Gasteiger partial charge in [0, 0.05) is 13.1 Å². The number of carbonyl (C=O) groups is 4. The molecule has 2 amide bonds. The van der Waals surface area contributed by atoms with E-state index in [4.69, 9.17) is 18.9 Å². The van der Waals surface area contributed by atoms with Crippen LogP contribution in [0.4, 0.5) is 9.59 Å². The lowest BCUT2D eigenvalue weighted by molar-refractivity contribution is -0.153. The Kier molecular flexibility index (Phi) is 13.9. The summed E-state index contributed by atoms with van der Waals surface area (Å²) in [5.41, 5.74) is 0.689. The summed E-state index contributed by atoms with van der Waals surface area (Å²) < 4.78 is 21.7. The number of hydrogen-bond donors (Lipinski definition) is 0. The third-order valence-corrected chi connectivity index (χ3v) is 7.98. The Morgan fingerprint density at radius 1 is 0.604 bits per heavy atom. The van der Waals surface area contributed by atoms with E-state index >= 15 is 0 Å². The minimum atomic E-state index is -0.585. The number of likely N-dealkylation sites (tertiary alicyclic amines) is 2. The quantitative estimate of drug-likeness (QED) is 0.230. The minimum Gasteiger partial charge on any atom is -0.459 e. The zero-order valence-corrected chi connectivity index (χ0v) is 29.9. The second-order valence-electron chi connectivity index (χ2n) is 14.8. The summed E-state index contributed by atoms with van der Waals surface area (Å²) in [4.78, 5) is 52.9. The summed E-state index contributed by atoms with van der Waals surface area (Å²) in [6.07, 6.45) is 2.04. The highest BCUT2D eigenvalue weighted by Gasteiger charge is 2.39. The molecule has 2 fully saturated rings. The van der Waals surface area contributed by atoms with Gasteiger partial charge in [-0.15, -0.1) is 0 Å². The van der Waals surface area contributed by atoms with Crippen LogP contribution in [0.25, 0.3) is 0 Å². The molecule has 0 unspecified atom stereocenters. The minimum absolute atomic E-state index is 0.215. The van der Waals surface area contributed by atoms with Crippen LogP contribution in [-0.4, -0.2) is 70.3 Å². The molecule has 10 heteroatoms. The topological polar surface area (TPSA) is 112 Å². The molecule has 2 aromatic rings. The first-order chi connectivity index (χ1) is 22.5. The van der Waals surface area contributed by atoms with Gasteiger partial charge in [0.05, 0.1) is 0 Å². The van der Waals surface area contributed by atoms with Crippen LogP contribution in [0.1, 0.15) is 92.2 Å². The highest BCUT2D eigenvalue weighted by atomic mass is 16.6. The predicted octanol–water partition coefficient (Wildman–Crippen LogP) is 7.53. The van der Waals surface area contributed by atoms with E-state index in [-0.39, 0.29) is 25.2 Å². The van der Waals surface area contributed by atoms with Crippen LogP contribution >= 0.6 is 0 Å². The Morgan fingerprint density at radius 3 is 1.25 bits per heavy atom. The van der Waals surface area contributed by atoms with Gasteiger partial charge < -0.3 is 18.9 Å². The lowest BCUT2D eigenvalue weighted by atomic mass is 9.93. The van der Waals surface area contributed by atoms with E-state index in [1.54, 1.807) is 0 Å². The van der Waals surface area contributed by atoms with Crippen LogP contribution in [0.5, 0.6) is 0 Å². The van der Waals surface area contributed by atoms with Gasteiger partial charge in [0.15, 0.2) is 0 Å². The zero-order valence-electron chi connectivity index (χ0n) is 29.9. The Bertz CT molecular complexity index is 1230. The van der Waals surface area contributed by atoms with Crippen LogP contribution in [0.15, 0.2) is 60.7 Å². The van der Waals surface area contributed by atoms with Gasteiger partial charge in [-0.3, -0.25) is 9.80 Å². The first-order valence-electron chi connectivity index (χ1n) is 16.9. The van der Waals surface area contributed by atoms with Crippen LogP contribution in [0.2, 0.25) is 0 Å². The van der Waals surface area contributed by atoms with Crippen molar-refractivity contribution in [2.45, 2.75) is 118 Å². The average Bonchev–Trinajstić information content (AvgIpc) is 3.02. The second kappa shape index (κ2) is 17.4. The molecule has 0 saturated carbocycles. The van der Waals surface area contributed by atoms with E-state index in [1.807, 2.05) is 102 Å². The van der Waals surface area contributed by atoms with Crippen LogP contribution in [0.3, 0.4) is 0 Å². The number of piperidine rings is 2. The number of nitrogens with zero attached hydrogens (tertiary/aromatic N) is 2. The molecule has 4 rings (SSSR count). The summed E-state index contributed by atoms with van der Waals surface area (Å²) >= 11 is 0. The van der Waals surface area contributed by atoms with Crippen molar-refractivity contribution in [2.75, 3.05) is 13.1 Å². The van der Waals surface area contributed by atoms with Gasteiger partial charge >= 0.3 is 24.1 Å². The van der Waals surface area contributed by atoms with E-state index in [0.717, 1.165) is 24.0 Å². The number of benzene rings is 2. The van der Waals surface area contributed by atoms with Gasteiger partial charge in [-0.05, 0) is 90.2 Å². The molecule has 2 saturated heterocycles. The lowest BCUT2D eigenvalue weighted by Gasteiger charge is -2.37. The maximum absolute atomic E-state index is 12.5. The van der Waals surface area contributed by atoms with E-state index in [1.165, 1.54) is 9.80 Å². The summed E-state index contributed by atoms with van der Waals surface area (Å²) in [6, 6.07) is 17.9. The lowest BCUT2D eigenvalue weighted by Crippen LogP contribution is -2.51. The fourth-order valence-electron chi connectivity index (χ4n) is 5.46. The summed E-state index contributed by atoms with van der Waals surface area (Å²) in [5, 5.41) is 0. The molecule has 2 aliphatic rings. The van der Waals surface area contributed by atoms with Crippen molar-refractivity contribution in [2.24, 2.45) is 11.8 Å². The standard InChI is InChI=1S/2C19H27NO4/c2*1-14-10-11-20(18(22)24-19(2,3)4)16(12-14)17(21)23-13-15-8-6-5-7-9-15/h2*5-9,14,16H,10-13H2,1-4H3/t2*14-,16-/m10/s1. The fourth-order valence-corrected chi connectivity index (χ4v) is 5.46. The Hall–Kier alpha value is -4.08. The van der Waals surface area contributed by atoms with Crippen LogP contribution in [-0.2, 0) is 41.8 Å². The Labute approximate surface area is 286 Å². The Balaban J connectivity index is 0.000000260. The normalized spacial score (nSPS) is 21.2. The number of hydrogen-bond acceptors (Lipinski definition) is 8. The van der Waals surface area contributed by atoms with Gasteiger partial charge in [0.2, 0.25) is 0 Å². The molecule has 0 aromatic heterocycles. The molecule has 10 nitrogen and oxygen atoms in total. The van der Waals surface area contributed by atoms with Gasteiger partial charge in [0.1, 0.15) is 36.5 Å². The molecule has 2 heterocycles. The molecule has 2 aromatic carbocycles. The van der Waals surface area contributed by atoms with E-state index in [2.05, 4.69) is 13.8 Å². The highest BCUT2D eigenvalue weighted by Crippen LogP contribution is 2.27. The smallest absolute Gasteiger partial charge is 0.411 e. The fraction of sp³-hybridized carbons (Fsp3) is 0.579. The summed E-state index contributed by atoms with van der Waals surface area (Å²) in [6.45, 7) is 16.6. The van der Waals surface area contributed by atoms with Crippen molar-refractivity contribution >= 4 is 24.1 Å². The van der Waals surface area contributed by atoms with Crippen molar-refractivity contribution < 1.29 is 38.1 Å². The van der Waals surface area contributed by atoms with Crippen LogP contribution in [0, 0.1) is 11.8 Å². The van der Waals surface area contributed by atoms with Gasteiger partial charge in [-0.2, -0.15) is 0 Å². The largest absolute Gasteiger partial charge is 0.459 e. The molecular weight excluding hydrogens is 612 g/mol. The first kappa shape index (κ1) is 38.4. The van der Waals surface area contributed by atoms with Crippen molar-refractivity contribution in [3.63, 3.8) is 0 Å². The van der Waals surface area contributed by atoms with Crippen LogP contribution < -0.4 is 0 Å². The summed E-state index contributed by atoms with van der Waals surface area (Å²) in [5.74, 6) is 0.0171. The second-order valence-corrected chi connectivity index (χ2v) is 14.8. The molecule has 2 aliphatic heterocycles. The maximum Gasteiger partial charge on any atom is 0.411 e. The predicted molar refractivity (Wildman–Crippen MR) is 183 cm³/mol. The van der Waals surface area contributed by atoms with Crippen molar-refractivity contribution in [3.05, 3.63) is 71.8 Å². The van der Waals surface area contributed by atoms with Gasteiger partial charge in [-0.25, -0.2) is 19.2 Å². The van der Waals surface area contributed by atoms with Gasteiger partial charge in [-0.1, -0.05) is 74.5 Å². The molecule has 48 heavy (non-hydrogen) atoms. The van der Waals surface area contributed by atoms with E-state index in [9.17, 15) is 19.2 Å². The molecule has 4 atom stereocenters. The zero-order chi connectivity index (χ0) is 35.5. The molecule has 0 bridgehead atoms. The number of esters is 2. The molecule has 0 radical (unpaired) electrons. The van der Waals surface area contributed by atoms with Crippen molar-refractivity contribution in [1.82, 2.24) is 9.80 Å². The number of rotatable bonds is 6. The monoisotopic (exact) mass is 666 g/mol. The number of amides is 2. The highest BCUT2D eigenvalue weighted by molar-refractivity contribution is 5.82. The van der Waals surface area contributed by atoms with Crippen molar-refractivity contribution in [1.29, 1.82) is 0 Å². The van der Waals surface area contributed by atoms with Crippen molar-refractivity contribution in [3.8, 4) is 0 Å². The van der Waals surface area contributed by atoms with E-state index in [0.29, 0.717) is 37.8 Å². The average molecular weight is 667 g/mol. The molecule has 0 N–H and O–H groups in total.